The van der Waals surface area contributed by atoms with E-state index < -0.39 is 5.82 Å². The van der Waals surface area contributed by atoms with E-state index in [9.17, 15) is 4.39 Å². The van der Waals surface area contributed by atoms with Crippen LogP contribution in [0.15, 0.2) is 18.3 Å². The average Bonchev–Trinajstić information content (AvgIpc) is 3.09. The van der Waals surface area contributed by atoms with Gasteiger partial charge in [0, 0.05) is 36.3 Å². The summed E-state index contributed by atoms with van der Waals surface area (Å²) in [6.45, 7) is 14.4. The van der Waals surface area contributed by atoms with Crippen LogP contribution >= 0.6 is 11.3 Å². The molecule has 0 spiro atoms. The summed E-state index contributed by atoms with van der Waals surface area (Å²) in [5, 5.41) is 10.0. The minimum Gasteiger partial charge on any atom is -0.298 e. The second kappa shape index (κ2) is 8.93. The summed E-state index contributed by atoms with van der Waals surface area (Å²) < 4.78 is 13.8. The maximum atomic E-state index is 13.8. The van der Waals surface area contributed by atoms with Gasteiger partial charge in [-0.05, 0) is 54.7 Å². The number of halogens is 1. The van der Waals surface area contributed by atoms with Crippen LogP contribution in [0.25, 0.3) is 10.6 Å². The van der Waals surface area contributed by atoms with Crippen LogP contribution in [0.5, 0.6) is 0 Å². The molecule has 2 unspecified atom stereocenters. The van der Waals surface area contributed by atoms with Crippen molar-refractivity contribution in [2.24, 2.45) is 17.3 Å². The zero-order valence-electron chi connectivity index (χ0n) is 18.3. The van der Waals surface area contributed by atoms with Gasteiger partial charge in [-0.25, -0.2) is 9.37 Å². The molecule has 1 aliphatic rings. The fourth-order valence-corrected chi connectivity index (χ4v) is 5.43. The Labute approximate surface area is 178 Å². The quantitative estimate of drug-likeness (QED) is 0.568. The maximum absolute atomic E-state index is 13.8. The van der Waals surface area contributed by atoms with Crippen LogP contribution in [-0.2, 0) is 6.54 Å². The molecule has 156 valence electrons. The molecule has 2 aromatic rings. The van der Waals surface area contributed by atoms with Crippen LogP contribution in [0, 0.1) is 41.3 Å². The van der Waals surface area contributed by atoms with Gasteiger partial charge in [-0.1, -0.05) is 34.1 Å². The molecule has 2 atom stereocenters. The van der Waals surface area contributed by atoms with Gasteiger partial charge >= 0.3 is 0 Å². The Morgan fingerprint density at radius 3 is 2.72 bits per heavy atom. The molecule has 1 saturated heterocycles. The smallest absolute Gasteiger partial charge is 0.141 e. The first-order valence-electron chi connectivity index (χ1n) is 10.6. The SMILES string of the molecule is CCCC1CC(C(C)(C)C)CN(Cc2cnc(-c3cc(C#N)c(F)cc3C)s2)C1. The van der Waals surface area contributed by atoms with E-state index in [1.165, 1.54) is 30.2 Å². The summed E-state index contributed by atoms with van der Waals surface area (Å²) in [6.07, 6.45) is 5.81. The highest BCUT2D eigenvalue weighted by Crippen LogP contribution is 2.38. The molecule has 1 fully saturated rings. The van der Waals surface area contributed by atoms with Crippen LogP contribution in [0.2, 0.25) is 0 Å². The topological polar surface area (TPSA) is 39.9 Å². The van der Waals surface area contributed by atoms with Crippen molar-refractivity contribution in [3.05, 3.63) is 40.2 Å². The molecule has 0 radical (unpaired) electrons. The molecule has 0 saturated carbocycles. The number of nitrogens with zero attached hydrogens (tertiary/aromatic N) is 3. The second-order valence-corrected chi connectivity index (χ2v) is 10.7. The van der Waals surface area contributed by atoms with E-state index in [4.69, 9.17) is 5.26 Å². The van der Waals surface area contributed by atoms with Gasteiger partial charge in [0.05, 0.1) is 5.56 Å². The highest BCUT2D eigenvalue weighted by molar-refractivity contribution is 7.15. The van der Waals surface area contributed by atoms with Crippen molar-refractivity contribution in [3.63, 3.8) is 0 Å². The van der Waals surface area contributed by atoms with Crippen LogP contribution in [0.3, 0.4) is 0 Å². The van der Waals surface area contributed by atoms with Crippen molar-refractivity contribution < 1.29 is 4.39 Å². The summed E-state index contributed by atoms with van der Waals surface area (Å²) in [4.78, 5) is 8.42. The number of piperidine rings is 1. The minimum atomic E-state index is -0.464. The Morgan fingerprint density at radius 1 is 1.31 bits per heavy atom. The van der Waals surface area contributed by atoms with E-state index in [-0.39, 0.29) is 5.56 Å². The zero-order valence-corrected chi connectivity index (χ0v) is 19.1. The summed E-state index contributed by atoms with van der Waals surface area (Å²) in [5.74, 6) is 1.01. The van der Waals surface area contributed by atoms with Gasteiger partial charge in [-0.15, -0.1) is 11.3 Å². The molecule has 1 aromatic heterocycles. The van der Waals surface area contributed by atoms with Gasteiger partial charge in [0.1, 0.15) is 16.9 Å². The highest BCUT2D eigenvalue weighted by atomic mass is 32.1. The monoisotopic (exact) mass is 413 g/mol. The molecule has 3 nitrogen and oxygen atoms in total. The lowest BCUT2D eigenvalue weighted by molar-refractivity contribution is 0.0550. The van der Waals surface area contributed by atoms with E-state index in [1.807, 2.05) is 19.2 Å². The molecule has 29 heavy (non-hydrogen) atoms. The van der Waals surface area contributed by atoms with Crippen LogP contribution < -0.4 is 0 Å². The molecule has 0 N–H and O–H groups in total. The third-order valence-electron chi connectivity index (χ3n) is 6.13. The van der Waals surface area contributed by atoms with Gasteiger partial charge in [-0.2, -0.15) is 5.26 Å². The van der Waals surface area contributed by atoms with Gasteiger partial charge in [0.15, 0.2) is 0 Å². The second-order valence-electron chi connectivity index (χ2n) is 9.54. The molecule has 3 rings (SSSR count). The van der Waals surface area contributed by atoms with Crippen molar-refractivity contribution in [2.75, 3.05) is 13.1 Å². The highest BCUT2D eigenvalue weighted by Gasteiger charge is 2.34. The Kier molecular flexibility index (Phi) is 6.76. The Balaban J connectivity index is 1.78. The first-order chi connectivity index (χ1) is 13.7. The van der Waals surface area contributed by atoms with Crippen molar-refractivity contribution >= 4 is 11.3 Å². The van der Waals surface area contributed by atoms with Gasteiger partial charge in [0.25, 0.3) is 0 Å². The molecular weight excluding hydrogens is 381 g/mol. The van der Waals surface area contributed by atoms with E-state index in [2.05, 4.69) is 37.6 Å². The normalized spacial score (nSPS) is 20.6. The Bertz CT molecular complexity index is 891. The molecule has 1 aliphatic heterocycles. The lowest BCUT2D eigenvalue weighted by Crippen LogP contribution is -2.44. The van der Waals surface area contributed by atoms with E-state index >= 15 is 0 Å². The van der Waals surface area contributed by atoms with E-state index in [0.29, 0.717) is 11.3 Å². The van der Waals surface area contributed by atoms with Crippen LogP contribution in [0.4, 0.5) is 4.39 Å². The molecule has 0 bridgehead atoms. The van der Waals surface area contributed by atoms with Gasteiger partial charge in [0.2, 0.25) is 0 Å². The molecule has 5 heteroatoms. The third-order valence-corrected chi connectivity index (χ3v) is 7.15. The minimum absolute atomic E-state index is 0.0776. The largest absolute Gasteiger partial charge is 0.298 e. The fourth-order valence-electron chi connectivity index (χ4n) is 4.39. The fraction of sp³-hybridized carbons (Fsp3) is 0.583. The predicted octanol–water partition coefficient (Wildman–Crippen LogP) is 6.41. The average molecular weight is 414 g/mol. The van der Waals surface area contributed by atoms with Crippen LogP contribution in [0.1, 0.15) is 63.0 Å². The zero-order chi connectivity index (χ0) is 21.2. The van der Waals surface area contributed by atoms with E-state index in [1.54, 1.807) is 17.4 Å². The van der Waals surface area contributed by atoms with Crippen molar-refractivity contribution in [2.45, 2.75) is 60.4 Å². The number of likely N-dealkylation sites (tertiary alicyclic amines) is 1. The molecular formula is C24H32FN3S. The number of rotatable bonds is 5. The lowest BCUT2D eigenvalue weighted by Gasteiger charge is -2.43. The Hall–Kier alpha value is -1.77. The number of hydrogen-bond acceptors (Lipinski definition) is 4. The molecule has 0 aliphatic carbocycles. The number of nitriles is 1. The number of hydrogen-bond donors (Lipinski definition) is 0. The summed E-state index contributed by atoms with van der Waals surface area (Å²) in [5.41, 5.74) is 2.07. The number of benzene rings is 1. The number of aromatic nitrogens is 1. The van der Waals surface area contributed by atoms with Crippen molar-refractivity contribution in [1.82, 2.24) is 9.88 Å². The molecule has 1 aromatic carbocycles. The van der Waals surface area contributed by atoms with E-state index in [0.717, 1.165) is 41.7 Å². The molecule has 2 heterocycles. The summed E-state index contributed by atoms with van der Waals surface area (Å²) in [6, 6.07) is 4.99. The summed E-state index contributed by atoms with van der Waals surface area (Å²) >= 11 is 1.66. The standard InChI is InChI=1S/C24H32FN3S/c1-6-7-17-9-19(24(3,4)5)14-28(13-17)15-20-12-27-23(29-20)21-10-18(11-26)22(25)8-16(21)2/h8,10,12,17,19H,6-7,9,13-15H2,1-5H3. The van der Waals surface area contributed by atoms with Gasteiger partial charge < -0.3 is 0 Å². The first kappa shape index (κ1) is 21.9. The first-order valence-corrected chi connectivity index (χ1v) is 11.4. The molecule has 0 amide bonds. The third kappa shape index (κ3) is 5.24. The lowest BCUT2D eigenvalue weighted by atomic mass is 9.72. The van der Waals surface area contributed by atoms with Crippen LogP contribution in [-0.4, -0.2) is 23.0 Å². The maximum Gasteiger partial charge on any atom is 0.141 e. The summed E-state index contributed by atoms with van der Waals surface area (Å²) in [7, 11) is 0. The number of thiazole rings is 1. The van der Waals surface area contributed by atoms with Gasteiger partial charge in [-0.3, -0.25) is 4.90 Å². The Morgan fingerprint density at radius 2 is 2.07 bits per heavy atom. The predicted molar refractivity (Wildman–Crippen MR) is 118 cm³/mol. The van der Waals surface area contributed by atoms with Crippen molar-refractivity contribution in [3.8, 4) is 16.6 Å². The van der Waals surface area contributed by atoms with Crippen molar-refractivity contribution in [1.29, 1.82) is 5.26 Å². The number of aryl methyl sites for hydroxylation is 1.